The van der Waals surface area contributed by atoms with Gasteiger partial charge in [0.15, 0.2) is 0 Å². The van der Waals surface area contributed by atoms with Crippen molar-refractivity contribution in [1.29, 1.82) is 0 Å². The van der Waals surface area contributed by atoms with Gasteiger partial charge >= 0.3 is 5.97 Å². The lowest BCUT2D eigenvalue weighted by molar-refractivity contribution is -0.149. The molecule has 0 aromatic carbocycles. The van der Waals surface area contributed by atoms with Gasteiger partial charge in [-0.05, 0) is 12.8 Å². The molecular weight excluding hydrogens is 242 g/mol. The van der Waals surface area contributed by atoms with Crippen LogP contribution in [0.4, 0.5) is 0 Å². The van der Waals surface area contributed by atoms with Crippen molar-refractivity contribution in [1.82, 2.24) is 4.90 Å². The number of morpholine rings is 1. The lowest BCUT2D eigenvalue weighted by Crippen LogP contribution is -2.40. The van der Waals surface area contributed by atoms with Crippen LogP contribution in [-0.2, 0) is 14.3 Å². The molecule has 0 saturated carbocycles. The Morgan fingerprint density at radius 1 is 1.41 bits per heavy atom. The zero-order valence-electron chi connectivity index (χ0n) is 10.5. The second-order valence-corrected chi connectivity index (χ2v) is 4.76. The summed E-state index contributed by atoms with van der Waals surface area (Å²) in [5.41, 5.74) is 0. The molecule has 1 heterocycles. The van der Waals surface area contributed by atoms with Gasteiger partial charge in [0, 0.05) is 25.5 Å². The highest BCUT2D eigenvalue weighted by Gasteiger charge is 2.19. The summed E-state index contributed by atoms with van der Waals surface area (Å²) in [5, 5.41) is 0. The summed E-state index contributed by atoms with van der Waals surface area (Å²) >= 11 is 5.55. The van der Waals surface area contributed by atoms with E-state index in [0.29, 0.717) is 12.5 Å². The van der Waals surface area contributed by atoms with Crippen LogP contribution in [0.1, 0.15) is 19.8 Å². The maximum atomic E-state index is 11.7. The van der Waals surface area contributed by atoms with Crippen molar-refractivity contribution in [2.75, 3.05) is 45.3 Å². The molecule has 1 aliphatic rings. The van der Waals surface area contributed by atoms with E-state index in [0.717, 1.165) is 45.7 Å². The first-order valence-electron chi connectivity index (χ1n) is 6.26. The van der Waals surface area contributed by atoms with Crippen molar-refractivity contribution < 1.29 is 14.3 Å². The topological polar surface area (TPSA) is 38.8 Å². The predicted octanol–water partition coefficient (Wildman–Crippen LogP) is 1.52. The van der Waals surface area contributed by atoms with E-state index in [9.17, 15) is 4.79 Å². The molecule has 4 nitrogen and oxygen atoms in total. The Labute approximate surface area is 108 Å². The van der Waals surface area contributed by atoms with E-state index in [1.165, 1.54) is 0 Å². The summed E-state index contributed by atoms with van der Waals surface area (Å²) < 4.78 is 10.5. The zero-order valence-corrected chi connectivity index (χ0v) is 11.2. The molecule has 1 rings (SSSR count). The minimum Gasteiger partial charge on any atom is -0.465 e. The van der Waals surface area contributed by atoms with Crippen LogP contribution in [0.3, 0.4) is 0 Å². The average Bonchev–Trinajstić information content (AvgIpc) is 2.35. The third-order valence-electron chi connectivity index (χ3n) is 2.81. The molecule has 100 valence electrons. The Balaban J connectivity index is 2.12. The Kier molecular flexibility index (Phi) is 7.56. The van der Waals surface area contributed by atoms with Gasteiger partial charge in [-0.3, -0.25) is 9.69 Å². The van der Waals surface area contributed by atoms with Gasteiger partial charge in [0.1, 0.15) is 0 Å². The lowest BCUT2D eigenvalue weighted by Gasteiger charge is -2.28. The minimum atomic E-state index is -0.105. The first-order valence-corrected chi connectivity index (χ1v) is 6.80. The Bertz CT molecular complexity index is 220. The number of rotatable bonds is 7. The largest absolute Gasteiger partial charge is 0.465 e. The van der Waals surface area contributed by atoms with Crippen molar-refractivity contribution in [3.05, 3.63) is 0 Å². The average molecular weight is 264 g/mol. The van der Waals surface area contributed by atoms with Crippen LogP contribution in [-0.4, -0.2) is 56.2 Å². The number of hydrogen-bond acceptors (Lipinski definition) is 4. The molecule has 0 spiro atoms. The highest BCUT2D eigenvalue weighted by atomic mass is 35.5. The first-order chi connectivity index (χ1) is 8.24. The van der Waals surface area contributed by atoms with E-state index in [2.05, 4.69) is 4.90 Å². The number of ether oxygens (including phenoxy) is 2. The zero-order chi connectivity index (χ0) is 12.5. The standard InChI is InChI=1S/C12H22ClNO3/c1-11(10-14-5-8-16-9-6-14)12(15)17-7-3-2-4-13/h11H,2-10H2,1H3. The fourth-order valence-electron chi connectivity index (χ4n) is 1.76. The van der Waals surface area contributed by atoms with Gasteiger partial charge in [0.25, 0.3) is 0 Å². The number of carbonyl (C=O) groups excluding carboxylic acids is 1. The number of halogens is 1. The van der Waals surface area contributed by atoms with Crippen LogP contribution in [0.2, 0.25) is 0 Å². The minimum absolute atomic E-state index is 0.0656. The van der Waals surface area contributed by atoms with Gasteiger partial charge in [0.2, 0.25) is 0 Å². The fourth-order valence-corrected chi connectivity index (χ4v) is 1.95. The van der Waals surface area contributed by atoms with Crippen molar-refractivity contribution in [3.63, 3.8) is 0 Å². The molecule has 0 bridgehead atoms. The van der Waals surface area contributed by atoms with Gasteiger partial charge < -0.3 is 9.47 Å². The number of nitrogens with zero attached hydrogens (tertiary/aromatic N) is 1. The summed E-state index contributed by atoms with van der Waals surface area (Å²) in [6.45, 7) is 6.50. The molecule has 17 heavy (non-hydrogen) atoms. The maximum absolute atomic E-state index is 11.7. The third-order valence-corrected chi connectivity index (χ3v) is 3.08. The SMILES string of the molecule is CC(CN1CCOCC1)C(=O)OCCCCCl. The predicted molar refractivity (Wildman–Crippen MR) is 67.3 cm³/mol. The van der Waals surface area contributed by atoms with Crippen molar-refractivity contribution in [2.45, 2.75) is 19.8 Å². The number of hydrogen-bond donors (Lipinski definition) is 0. The van der Waals surface area contributed by atoms with Crippen molar-refractivity contribution >= 4 is 17.6 Å². The molecule has 1 saturated heterocycles. The van der Waals surface area contributed by atoms with E-state index >= 15 is 0 Å². The lowest BCUT2D eigenvalue weighted by atomic mass is 10.1. The van der Waals surface area contributed by atoms with Crippen LogP contribution in [0.15, 0.2) is 0 Å². The summed E-state index contributed by atoms with van der Waals surface area (Å²) in [4.78, 5) is 13.9. The monoisotopic (exact) mass is 263 g/mol. The second-order valence-electron chi connectivity index (χ2n) is 4.38. The molecule has 5 heteroatoms. The third kappa shape index (κ3) is 6.24. The molecule has 0 aliphatic carbocycles. The molecule has 0 radical (unpaired) electrons. The molecule has 0 amide bonds. The van der Waals surface area contributed by atoms with Crippen LogP contribution in [0.25, 0.3) is 0 Å². The molecular formula is C12H22ClNO3. The van der Waals surface area contributed by atoms with E-state index < -0.39 is 0 Å². The Morgan fingerprint density at radius 2 is 2.12 bits per heavy atom. The van der Waals surface area contributed by atoms with Crippen LogP contribution >= 0.6 is 11.6 Å². The van der Waals surface area contributed by atoms with Crippen LogP contribution in [0, 0.1) is 5.92 Å². The Morgan fingerprint density at radius 3 is 2.76 bits per heavy atom. The number of unbranched alkanes of at least 4 members (excludes halogenated alkanes) is 1. The first kappa shape index (κ1) is 14.7. The van der Waals surface area contributed by atoms with Gasteiger partial charge in [0.05, 0.1) is 25.7 Å². The fraction of sp³-hybridized carbons (Fsp3) is 0.917. The molecule has 0 aromatic rings. The van der Waals surface area contributed by atoms with Crippen LogP contribution in [0.5, 0.6) is 0 Å². The quantitative estimate of drug-likeness (QED) is 0.397. The molecule has 0 aromatic heterocycles. The number of esters is 1. The molecule has 0 N–H and O–H groups in total. The van der Waals surface area contributed by atoms with Gasteiger partial charge in [-0.1, -0.05) is 6.92 Å². The summed E-state index contributed by atoms with van der Waals surface area (Å²) in [5.74, 6) is 0.455. The van der Waals surface area contributed by atoms with E-state index in [-0.39, 0.29) is 11.9 Å². The van der Waals surface area contributed by atoms with E-state index in [4.69, 9.17) is 21.1 Å². The van der Waals surface area contributed by atoms with E-state index in [1.807, 2.05) is 6.92 Å². The molecule has 1 atom stereocenters. The highest BCUT2D eigenvalue weighted by molar-refractivity contribution is 6.17. The summed E-state index contributed by atoms with van der Waals surface area (Å²) in [7, 11) is 0. The number of alkyl halides is 1. The summed E-state index contributed by atoms with van der Waals surface area (Å²) in [6, 6.07) is 0. The molecule has 1 aliphatic heterocycles. The second kappa shape index (κ2) is 8.72. The summed E-state index contributed by atoms with van der Waals surface area (Å²) in [6.07, 6.45) is 1.74. The smallest absolute Gasteiger partial charge is 0.309 e. The van der Waals surface area contributed by atoms with Gasteiger partial charge in [-0.25, -0.2) is 0 Å². The van der Waals surface area contributed by atoms with Crippen molar-refractivity contribution in [2.24, 2.45) is 5.92 Å². The normalized spacial score (nSPS) is 18.9. The molecule has 1 unspecified atom stereocenters. The van der Waals surface area contributed by atoms with Gasteiger partial charge in [-0.2, -0.15) is 0 Å². The van der Waals surface area contributed by atoms with Gasteiger partial charge in [-0.15, -0.1) is 11.6 Å². The van der Waals surface area contributed by atoms with Crippen LogP contribution < -0.4 is 0 Å². The number of carbonyl (C=O) groups is 1. The Hall–Kier alpha value is -0.320. The maximum Gasteiger partial charge on any atom is 0.309 e. The van der Waals surface area contributed by atoms with E-state index in [1.54, 1.807) is 0 Å². The highest BCUT2D eigenvalue weighted by Crippen LogP contribution is 2.06. The molecule has 1 fully saturated rings. The van der Waals surface area contributed by atoms with Crippen molar-refractivity contribution in [3.8, 4) is 0 Å².